The van der Waals surface area contributed by atoms with Gasteiger partial charge in [-0.1, -0.05) is 17.7 Å². The number of hydrogen-bond acceptors (Lipinski definition) is 19. The highest BCUT2D eigenvalue weighted by atomic mass is 32.2. The molecule has 24 heteroatoms. The number of ether oxygens (including phenoxy) is 5. The predicted octanol–water partition coefficient (Wildman–Crippen LogP) is 0.0113. The molecule has 23 nitrogen and oxygen atoms in total. The Bertz CT molecular complexity index is 2480. The Morgan fingerprint density at radius 1 is 0.551 bits per heavy atom. The largest absolute Gasteiger partial charge is 0.508 e. The highest BCUT2D eigenvalue weighted by molar-refractivity contribution is 7.86. The molecule has 0 spiro atoms. The van der Waals surface area contributed by atoms with E-state index in [1.807, 2.05) is 6.92 Å². The minimum atomic E-state index is -3.72. The zero-order valence-corrected chi connectivity index (χ0v) is 38.2. The van der Waals surface area contributed by atoms with Gasteiger partial charge in [-0.3, -0.25) is 63.0 Å². The summed E-state index contributed by atoms with van der Waals surface area (Å²) in [6.45, 7) is 4.40. The fourth-order valence-electron chi connectivity index (χ4n) is 6.97. The summed E-state index contributed by atoms with van der Waals surface area (Å²) < 4.78 is 54.5. The zero-order chi connectivity index (χ0) is 50.1. The molecular weight excluding hydrogens is 933 g/mol. The maximum absolute atomic E-state index is 12.7. The predicted molar refractivity (Wildman–Crippen MR) is 235 cm³/mol. The molecule has 0 aliphatic carbocycles. The molecule has 2 saturated heterocycles. The first-order valence-electron chi connectivity index (χ1n) is 21.6. The number of nitrogens with zero attached hydrogens (tertiary/aromatic N) is 2. The second-order valence-electron chi connectivity index (χ2n) is 15.2. The lowest BCUT2D eigenvalue weighted by Gasteiger charge is -2.27. The van der Waals surface area contributed by atoms with Crippen LogP contribution in [-0.4, -0.2) is 172 Å². The quantitative estimate of drug-likeness (QED) is 0.0533. The lowest BCUT2D eigenvalue weighted by atomic mass is 10.0. The molecular formula is C45H52N4O19S. The summed E-state index contributed by atoms with van der Waals surface area (Å²) in [7, 11) is -3.72. The van der Waals surface area contributed by atoms with Gasteiger partial charge in [0.25, 0.3) is 33.7 Å². The van der Waals surface area contributed by atoms with Gasteiger partial charge < -0.3 is 39.0 Å². The number of phenolic OH excluding ortho intramolecular Hbond substituents is 1. The molecule has 0 saturated carbocycles. The molecule has 69 heavy (non-hydrogen) atoms. The van der Waals surface area contributed by atoms with Crippen LogP contribution in [-0.2, 0) is 52.4 Å². The van der Waals surface area contributed by atoms with E-state index >= 15 is 0 Å². The SMILES string of the molecule is Cc1ccc(S(=O)(=O)OCCOCCOCCO)cc1.O=C1CCC(N2C(=O)c3ccc(O)cc3C2=O)C(=O)N1.O=C1CCC(N2C(=O)c3ccc(OCCOCCOCCO)cc3C2=O)C(=O)N1. The Kier molecular flexibility index (Phi) is 19.9. The maximum atomic E-state index is 12.7. The summed E-state index contributed by atoms with van der Waals surface area (Å²) >= 11 is 0. The fourth-order valence-corrected chi connectivity index (χ4v) is 7.86. The number of imide groups is 4. The number of phenols is 1. The van der Waals surface area contributed by atoms with Gasteiger partial charge in [-0.05, 0) is 68.3 Å². The van der Waals surface area contributed by atoms with Crippen molar-refractivity contribution >= 4 is 57.4 Å². The van der Waals surface area contributed by atoms with Crippen LogP contribution in [0, 0.1) is 6.92 Å². The summed E-state index contributed by atoms with van der Waals surface area (Å²) in [5.41, 5.74) is 1.56. The van der Waals surface area contributed by atoms with E-state index in [-0.39, 0.29) is 105 Å². The number of carbonyl (C=O) groups excluding carboxylic acids is 8. The highest BCUT2D eigenvalue weighted by Gasteiger charge is 2.46. The van der Waals surface area contributed by atoms with Gasteiger partial charge in [-0.2, -0.15) is 8.42 Å². The van der Waals surface area contributed by atoms with Gasteiger partial charge in [0.05, 0.1) is 99.8 Å². The van der Waals surface area contributed by atoms with Crippen molar-refractivity contribution in [1.82, 2.24) is 20.4 Å². The lowest BCUT2D eigenvalue weighted by molar-refractivity contribution is -0.137. The van der Waals surface area contributed by atoms with Crippen molar-refractivity contribution in [2.24, 2.45) is 0 Å². The number of aliphatic hydroxyl groups excluding tert-OH is 2. The van der Waals surface area contributed by atoms with Crippen LogP contribution in [0.25, 0.3) is 0 Å². The van der Waals surface area contributed by atoms with Gasteiger partial charge in [0, 0.05) is 12.8 Å². The maximum Gasteiger partial charge on any atom is 0.297 e. The molecule has 0 radical (unpaired) electrons. The van der Waals surface area contributed by atoms with Crippen LogP contribution < -0.4 is 15.4 Å². The number of fused-ring (bicyclic) bond motifs is 2. The van der Waals surface area contributed by atoms with Crippen molar-refractivity contribution in [3.8, 4) is 11.5 Å². The van der Waals surface area contributed by atoms with Crippen LogP contribution in [0.5, 0.6) is 11.5 Å². The monoisotopic (exact) mass is 984 g/mol. The number of rotatable bonds is 21. The summed E-state index contributed by atoms with van der Waals surface area (Å²) in [4.78, 5) is 97.9. The molecule has 2 fully saturated rings. The fraction of sp³-hybridized carbons (Fsp3) is 0.422. The number of amides is 8. The number of aromatic hydroxyl groups is 1. The van der Waals surface area contributed by atoms with Gasteiger partial charge in [0.15, 0.2) is 0 Å². The Hall–Kier alpha value is -6.51. The van der Waals surface area contributed by atoms with Crippen LogP contribution in [0.1, 0.15) is 72.7 Å². The Balaban J connectivity index is 0.000000199. The third kappa shape index (κ3) is 14.5. The number of aryl methyl sites for hydroxylation is 1. The van der Waals surface area contributed by atoms with E-state index < -0.39 is 69.5 Å². The summed E-state index contributed by atoms with van der Waals surface area (Å²) in [6.07, 6.45) is 0.374. The second-order valence-corrected chi connectivity index (χ2v) is 16.8. The van der Waals surface area contributed by atoms with Crippen LogP contribution in [0.3, 0.4) is 0 Å². The number of carbonyl (C=O) groups is 8. The van der Waals surface area contributed by atoms with E-state index in [4.69, 9.17) is 38.1 Å². The molecule has 8 amide bonds. The number of piperidine rings is 2. The van der Waals surface area contributed by atoms with Crippen molar-refractivity contribution in [3.05, 3.63) is 88.5 Å². The van der Waals surface area contributed by atoms with Crippen molar-refractivity contribution < 1.29 is 90.0 Å². The van der Waals surface area contributed by atoms with Crippen LogP contribution in [0.2, 0.25) is 0 Å². The Morgan fingerprint density at radius 3 is 1.48 bits per heavy atom. The van der Waals surface area contributed by atoms with E-state index in [0.717, 1.165) is 15.4 Å². The molecule has 0 aromatic heterocycles. The molecule has 4 aliphatic rings. The first kappa shape index (κ1) is 53.4. The van der Waals surface area contributed by atoms with Crippen LogP contribution in [0.15, 0.2) is 65.6 Å². The molecule has 372 valence electrons. The van der Waals surface area contributed by atoms with Crippen LogP contribution >= 0.6 is 0 Å². The summed E-state index contributed by atoms with van der Waals surface area (Å²) in [6, 6.07) is 12.8. The van der Waals surface area contributed by atoms with Gasteiger partial charge in [-0.15, -0.1) is 0 Å². The van der Waals surface area contributed by atoms with Crippen molar-refractivity contribution in [1.29, 1.82) is 0 Å². The minimum Gasteiger partial charge on any atom is -0.508 e. The van der Waals surface area contributed by atoms with E-state index in [1.165, 1.54) is 42.5 Å². The average molecular weight is 985 g/mol. The van der Waals surface area contributed by atoms with E-state index in [0.29, 0.717) is 38.8 Å². The number of benzene rings is 3. The van der Waals surface area contributed by atoms with Crippen LogP contribution in [0.4, 0.5) is 0 Å². The molecule has 2 unspecified atom stereocenters. The van der Waals surface area contributed by atoms with E-state index in [1.54, 1.807) is 18.2 Å². The topological polar surface area (TPSA) is 317 Å². The number of nitrogens with one attached hydrogen (secondary N) is 2. The van der Waals surface area contributed by atoms with Crippen molar-refractivity contribution in [2.45, 2.75) is 49.6 Å². The highest BCUT2D eigenvalue weighted by Crippen LogP contribution is 2.31. The smallest absolute Gasteiger partial charge is 0.297 e. The standard InChI is InChI=1S/C19H22N2O8.C13H10N2O5.C13H20O6S/c22-5-6-27-7-8-28-9-10-29-12-1-2-13-14(11-12)19(26)21(18(13)25)15-3-4-16(23)20-17(15)24;16-6-1-2-7-8(5-6)13(20)15(12(7)19)9-3-4-10(17)14-11(9)18;1-12-2-4-13(5-3-12)20(15,16)19-11-10-18-9-8-17-7-6-14/h1-2,11,15,22H,3-10H2,(H,20,23,24);1-2,5,9,16H,3-4H2,(H,14,17,18);2-5,14H,6-11H2,1H3. The number of aliphatic hydroxyl groups is 2. The van der Waals surface area contributed by atoms with Crippen molar-refractivity contribution in [3.63, 3.8) is 0 Å². The minimum absolute atomic E-state index is 0.0299. The lowest BCUT2D eigenvalue weighted by Crippen LogP contribution is -2.54. The number of hydrogen-bond donors (Lipinski definition) is 5. The molecule has 5 N–H and O–H groups in total. The average Bonchev–Trinajstić information content (AvgIpc) is 3.71. The summed E-state index contributed by atoms with van der Waals surface area (Å²) in [5, 5.41) is 30.7. The molecule has 0 bridgehead atoms. The molecule has 2 atom stereocenters. The summed E-state index contributed by atoms with van der Waals surface area (Å²) in [5.74, 6) is -4.21. The molecule has 7 rings (SSSR count). The molecule has 3 aromatic carbocycles. The van der Waals surface area contributed by atoms with Gasteiger partial charge in [0.1, 0.15) is 30.2 Å². The van der Waals surface area contributed by atoms with Gasteiger partial charge in [-0.25, -0.2) is 0 Å². The zero-order valence-electron chi connectivity index (χ0n) is 37.4. The van der Waals surface area contributed by atoms with E-state index in [9.17, 15) is 51.9 Å². The third-order valence-electron chi connectivity index (χ3n) is 10.3. The van der Waals surface area contributed by atoms with E-state index in [2.05, 4.69) is 10.6 Å². The normalized spacial score (nSPS) is 17.7. The molecule has 3 aromatic rings. The molecule has 4 heterocycles. The third-order valence-corrected chi connectivity index (χ3v) is 11.6. The van der Waals surface area contributed by atoms with Gasteiger partial charge in [0.2, 0.25) is 23.6 Å². The Labute approximate surface area is 395 Å². The van der Waals surface area contributed by atoms with Crippen molar-refractivity contribution in [2.75, 3.05) is 79.3 Å². The molecule has 4 aliphatic heterocycles. The Morgan fingerprint density at radius 2 is 0.986 bits per heavy atom. The van der Waals surface area contributed by atoms with Gasteiger partial charge >= 0.3 is 0 Å². The first-order valence-corrected chi connectivity index (χ1v) is 23.0. The first-order chi connectivity index (χ1) is 33.1. The second kappa shape index (κ2) is 25.7.